The lowest BCUT2D eigenvalue weighted by molar-refractivity contribution is -0.135. The molecule has 1 saturated heterocycles. The van der Waals surface area contributed by atoms with Gasteiger partial charge in [0.2, 0.25) is 11.8 Å². The average molecular weight is 393 g/mol. The minimum absolute atomic E-state index is 0.0885. The Bertz CT molecular complexity index is 856. The molecular formula is C25H32N2O2. The molecule has 1 heterocycles. The summed E-state index contributed by atoms with van der Waals surface area (Å²) in [6.45, 7) is 1.84. The summed E-state index contributed by atoms with van der Waals surface area (Å²) in [5, 5.41) is 0. The normalized spacial score (nSPS) is 30.2. The van der Waals surface area contributed by atoms with E-state index in [0.29, 0.717) is 23.7 Å². The van der Waals surface area contributed by atoms with Gasteiger partial charge in [-0.2, -0.15) is 0 Å². The van der Waals surface area contributed by atoms with Crippen molar-refractivity contribution in [2.75, 3.05) is 13.1 Å². The Morgan fingerprint density at radius 2 is 2.03 bits per heavy atom. The van der Waals surface area contributed by atoms with E-state index in [9.17, 15) is 9.59 Å². The number of allylic oxidation sites excluding steroid dienone is 1. The summed E-state index contributed by atoms with van der Waals surface area (Å²) in [6, 6.07) is 9.33. The molecule has 4 nitrogen and oxygen atoms in total. The van der Waals surface area contributed by atoms with Gasteiger partial charge in [-0.25, -0.2) is 0 Å². The van der Waals surface area contributed by atoms with Crippen LogP contribution in [-0.4, -0.2) is 29.8 Å². The van der Waals surface area contributed by atoms with E-state index in [1.54, 1.807) is 0 Å². The van der Waals surface area contributed by atoms with Gasteiger partial charge in [-0.15, -0.1) is 0 Å². The van der Waals surface area contributed by atoms with Crippen molar-refractivity contribution in [2.45, 2.75) is 69.1 Å². The first-order valence-electron chi connectivity index (χ1n) is 11.4. The largest absolute Gasteiger partial charge is 0.370 e. The van der Waals surface area contributed by atoms with Gasteiger partial charge in [0.05, 0.1) is 5.92 Å². The van der Waals surface area contributed by atoms with Gasteiger partial charge in [-0.05, 0) is 74.3 Å². The molecule has 3 aliphatic carbocycles. The zero-order chi connectivity index (χ0) is 20.0. The van der Waals surface area contributed by atoms with Crippen LogP contribution in [0.5, 0.6) is 0 Å². The van der Waals surface area contributed by atoms with Gasteiger partial charge < -0.3 is 10.6 Å². The summed E-state index contributed by atoms with van der Waals surface area (Å²) in [4.78, 5) is 25.8. The molecule has 2 amide bonds. The number of piperidine rings is 1. The van der Waals surface area contributed by atoms with Crippen LogP contribution in [0.4, 0.5) is 0 Å². The highest BCUT2D eigenvalue weighted by Gasteiger charge is 2.58. The first-order chi connectivity index (χ1) is 14.0. The lowest BCUT2D eigenvalue weighted by Gasteiger charge is -2.36. The Hall–Kier alpha value is -2.10. The molecule has 2 N–H and O–H groups in total. The van der Waals surface area contributed by atoms with E-state index in [2.05, 4.69) is 35.2 Å². The van der Waals surface area contributed by atoms with Gasteiger partial charge in [-0.1, -0.05) is 35.9 Å². The smallest absolute Gasteiger partial charge is 0.229 e. The maximum Gasteiger partial charge on any atom is 0.229 e. The van der Waals surface area contributed by atoms with Gasteiger partial charge in [-0.3, -0.25) is 9.59 Å². The van der Waals surface area contributed by atoms with E-state index < -0.39 is 0 Å². The van der Waals surface area contributed by atoms with Gasteiger partial charge in [0.15, 0.2) is 0 Å². The van der Waals surface area contributed by atoms with Gasteiger partial charge in [0.1, 0.15) is 0 Å². The number of nitrogens with zero attached hydrogens (tertiary/aromatic N) is 1. The molecule has 5 rings (SSSR count). The molecule has 1 aliphatic heterocycles. The second kappa shape index (κ2) is 7.30. The van der Waals surface area contributed by atoms with Crippen LogP contribution in [0.15, 0.2) is 35.9 Å². The van der Waals surface area contributed by atoms with Gasteiger partial charge in [0, 0.05) is 24.9 Å². The van der Waals surface area contributed by atoms with Crippen LogP contribution in [-0.2, 0) is 15.0 Å². The zero-order valence-corrected chi connectivity index (χ0v) is 17.2. The quantitative estimate of drug-likeness (QED) is 0.536. The molecule has 2 saturated carbocycles. The van der Waals surface area contributed by atoms with Crippen molar-refractivity contribution < 1.29 is 9.59 Å². The summed E-state index contributed by atoms with van der Waals surface area (Å²) in [7, 11) is 0. The van der Waals surface area contributed by atoms with Crippen LogP contribution in [0.3, 0.4) is 0 Å². The molecule has 3 atom stereocenters. The molecule has 4 aliphatic rings. The van der Waals surface area contributed by atoms with Crippen LogP contribution in [0.2, 0.25) is 0 Å². The molecule has 4 heteroatoms. The third-order valence-electron chi connectivity index (χ3n) is 7.73. The highest BCUT2D eigenvalue weighted by Crippen LogP contribution is 2.60. The number of nitrogens with two attached hydrogens (primary N) is 1. The molecule has 0 bridgehead atoms. The number of amides is 2. The molecule has 1 aromatic carbocycles. The molecule has 0 radical (unpaired) electrons. The second-order valence-corrected chi connectivity index (χ2v) is 9.80. The SMILES string of the molecule is NC(=O)CCCCC1=C[C@H](C(=O)N2CCC3(c4cccc(C5CC5)c4)CC3C2)C1. The Balaban J connectivity index is 1.13. The predicted molar refractivity (Wildman–Crippen MR) is 113 cm³/mol. The van der Waals surface area contributed by atoms with Crippen LogP contribution >= 0.6 is 0 Å². The van der Waals surface area contributed by atoms with Crippen LogP contribution in [0, 0.1) is 11.8 Å². The summed E-state index contributed by atoms with van der Waals surface area (Å²) >= 11 is 0. The lowest BCUT2D eigenvalue weighted by atomic mass is 9.81. The van der Waals surface area contributed by atoms with Crippen LogP contribution < -0.4 is 5.73 Å². The molecule has 3 fully saturated rings. The standard InChI is InChI=1S/C25H32N2O2/c26-23(28)7-2-1-4-17-12-20(13-17)24(29)27-11-10-25(15-22(25)16-27)21-6-3-5-19(14-21)18-8-9-18/h3,5-6,12,14,18,20,22H,1-2,4,7-11,13,15-16H2,(H2,26,28)/t20-,22?,25?/m0/s1. The monoisotopic (exact) mass is 392 g/mol. The molecule has 29 heavy (non-hydrogen) atoms. The number of hydrogen-bond acceptors (Lipinski definition) is 2. The molecule has 2 unspecified atom stereocenters. The number of benzene rings is 1. The van der Waals surface area contributed by atoms with E-state index in [1.165, 1.54) is 36.0 Å². The van der Waals surface area contributed by atoms with Crippen molar-refractivity contribution in [1.29, 1.82) is 0 Å². The minimum atomic E-state index is -0.221. The fourth-order valence-electron chi connectivity index (χ4n) is 5.60. The Kier molecular flexibility index (Phi) is 4.76. The van der Waals surface area contributed by atoms with Crippen molar-refractivity contribution in [3.8, 4) is 0 Å². The number of unbranched alkanes of at least 4 members (excludes halogenated alkanes) is 1. The first-order valence-corrected chi connectivity index (χ1v) is 11.4. The van der Waals surface area contributed by atoms with E-state index in [-0.39, 0.29) is 11.8 Å². The summed E-state index contributed by atoms with van der Waals surface area (Å²) in [6.07, 6.45) is 11.5. The van der Waals surface area contributed by atoms with Crippen molar-refractivity contribution >= 4 is 11.8 Å². The summed E-state index contributed by atoms with van der Waals surface area (Å²) < 4.78 is 0. The predicted octanol–water partition coefficient (Wildman–Crippen LogP) is 4.05. The van der Waals surface area contributed by atoms with E-state index in [4.69, 9.17) is 5.73 Å². The number of fused-ring (bicyclic) bond motifs is 1. The highest BCUT2D eigenvalue weighted by atomic mass is 16.2. The number of hydrogen-bond donors (Lipinski definition) is 1. The molecule has 0 spiro atoms. The molecular weight excluding hydrogens is 360 g/mol. The van der Waals surface area contributed by atoms with Crippen LogP contribution in [0.25, 0.3) is 0 Å². The van der Waals surface area contributed by atoms with Gasteiger partial charge in [0.25, 0.3) is 0 Å². The van der Waals surface area contributed by atoms with Crippen molar-refractivity contribution in [3.05, 3.63) is 47.0 Å². The maximum atomic E-state index is 12.9. The third kappa shape index (κ3) is 3.74. The van der Waals surface area contributed by atoms with Crippen LogP contribution in [0.1, 0.15) is 74.8 Å². The fraction of sp³-hybridized carbons (Fsp3) is 0.600. The number of carbonyl (C=O) groups is 2. The highest BCUT2D eigenvalue weighted by molar-refractivity contribution is 5.83. The first kappa shape index (κ1) is 18.9. The minimum Gasteiger partial charge on any atom is -0.370 e. The number of carbonyl (C=O) groups excluding carboxylic acids is 2. The zero-order valence-electron chi connectivity index (χ0n) is 17.2. The fourth-order valence-corrected chi connectivity index (χ4v) is 5.60. The molecule has 0 aromatic heterocycles. The Morgan fingerprint density at radius 1 is 1.21 bits per heavy atom. The number of likely N-dealkylation sites (tertiary alicyclic amines) is 1. The third-order valence-corrected chi connectivity index (χ3v) is 7.73. The second-order valence-electron chi connectivity index (χ2n) is 9.80. The summed E-state index contributed by atoms with van der Waals surface area (Å²) in [5.41, 5.74) is 9.97. The van der Waals surface area contributed by atoms with E-state index in [0.717, 1.165) is 51.1 Å². The van der Waals surface area contributed by atoms with E-state index in [1.807, 2.05) is 0 Å². The van der Waals surface area contributed by atoms with E-state index >= 15 is 0 Å². The van der Waals surface area contributed by atoms with Crippen molar-refractivity contribution in [1.82, 2.24) is 4.90 Å². The van der Waals surface area contributed by atoms with Crippen molar-refractivity contribution in [2.24, 2.45) is 17.6 Å². The lowest BCUT2D eigenvalue weighted by Crippen LogP contribution is -2.44. The maximum absolute atomic E-state index is 12.9. The molecule has 1 aromatic rings. The van der Waals surface area contributed by atoms with Crippen molar-refractivity contribution in [3.63, 3.8) is 0 Å². The molecule has 154 valence electrons. The summed E-state index contributed by atoms with van der Waals surface area (Å²) in [5.74, 6) is 1.65. The Morgan fingerprint density at radius 3 is 2.76 bits per heavy atom. The average Bonchev–Trinajstić information content (AvgIpc) is 3.59. The van der Waals surface area contributed by atoms with Gasteiger partial charge >= 0.3 is 0 Å². The number of rotatable bonds is 8. The topological polar surface area (TPSA) is 63.4 Å². The number of primary amides is 1. The Labute approximate surface area is 173 Å².